The first-order valence-electron chi connectivity index (χ1n) is 4.97. The zero-order valence-electron chi connectivity index (χ0n) is 8.72. The van der Waals surface area contributed by atoms with Crippen molar-refractivity contribution in [3.05, 3.63) is 35.1 Å². The van der Waals surface area contributed by atoms with Gasteiger partial charge in [-0.05, 0) is 24.1 Å². The van der Waals surface area contributed by atoms with Crippen LogP contribution >= 0.6 is 12.4 Å². The molecule has 0 amide bonds. The van der Waals surface area contributed by atoms with Gasteiger partial charge in [-0.2, -0.15) is 0 Å². The van der Waals surface area contributed by atoms with Crippen molar-refractivity contribution in [2.45, 2.75) is 13.0 Å². The van der Waals surface area contributed by atoms with E-state index in [1.165, 1.54) is 0 Å². The molecule has 1 unspecified atom stereocenters. The summed E-state index contributed by atoms with van der Waals surface area (Å²) in [7, 11) is 0. The van der Waals surface area contributed by atoms with Crippen LogP contribution in [0.25, 0.3) is 0 Å². The van der Waals surface area contributed by atoms with Crippen molar-refractivity contribution in [3.8, 4) is 0 Å². The van der Waals surface area contributed by atoms with Gasteiger partial charge < -0.3 is 10.6 Å². The zero-order chi connectivity index (χ0) is 9.97. The Morgan fingerprint density at radius 3 is 2.73 bits per heavy atom. The highest BCUT2D eigenvalue weighted by Crippen LogP contribution is 2.17. The minimum atomic E-state index is -0.127. The highest BCUT2D eigenvalue weighted by Gasteiger charge is 2.14. The molecule has 0 aliphatic carbocycles. The van der Waals surface area contributed by atoms with E-state index in [0.717, 1.165) is 30.8 Å². The lowest BCUT2D eigenvalue weighted by atomic mass is 10.0. The average molecular weight is 231 g/mol. The van der Waals surface area contributed by atoms with E-state index in [-0.39, 0.29) is 18.2 Å². The fourth-order valence-electron chi connectivity index (χ4n) is 1.77. The normalized spacial score (nSPS) is 20.8. The molecule has 1 aliphatic heterocycles. The highest BCUT2D eigenvalue weighted by molar-refractivity contribution is 5.85. The monoisotopic (exact) mass is 230 g/mol. The van der Waals surface area contributed by atoms with Crippen molar-refractivity contribution in [2.75, 3.05) is 19.6 Å². The molecule has 0 radical (unpaired) electrons. The molecule has 2 rings (SSSR count). The van der Waals surface area contributed by atoms with Gasteiger partial charge in [0.15, 0.2) is 0 Å². The van der Waals surface area contributed by atoms with Gasteiger partial charge >= 0.3 is 0 Å². The quantitative estimate of drug-likeness (QED) is 0.769. The molecule has 1 heterocycles. The average Bonchev–Trinajstić information content (AvgIpc) is 2.23. The van der Waals surface area contributed by atoms with Crippen LogP contribution in [0.2, 0.25) is 0 Å². The van der Waals surface area contributed by atoms with Crippen LogP contribution in [0.1, 0.15) is 17.2 Å². The number of halogens is 2. The maximum absolute atomic E-state index is 13.0. The highest BCUT2D eigenvalue weighted by atomic mass is 35.5. The van der Waals surface area contributed by atoms with Crippen LogP contribution in [0.5, 0.6) is 0 Å². The summed E-state index contributed by atoms with van der Waals surface area (Å²) >= 11 is 0. The summed E-state index contributed by atoms with van der Waals surface area (Å²) in [6, 6.07) is 5.64. The topological polar surface area (TPSA) is 24.1 Å². The summed E-state index contributed by atoms with van der Waals surface area (Å²) in [5.74, 6) is -0.127. The van der Waals surface area contributed by atoms with E-state index in [9.17, 15) is 4.39 Å². The number of aryl methyl sites for hydroxylation is 1. The third-order valence-corrected chi connectivity index (χ3v) is 2.63. The first kappa shape index (κ1) is 12.4. The molecule has 1 aromatic carbocycles. The van der Waals surface area contributed by atoms with Crippen LogP contribution in [0.15, 0.2) is 18.2 Å². The van der Waals surface area contributed by atoms with Crippen LogP contribution in [0.4, 0.5) is 4.39 Å². The van der Waals surface area contributed by atoms with Gasteiger partial charge in [0.05, 0.1) is 0 Å². The Labute approximate surface area is 95.7 Å². The molecule has 1 aliphatic rings. The van der Waals surface area contributed by atoms with Gasteiger partial charge in [0.2, 0.25) is 0 Å². The van der Waals surface area contributed by atoms with E-state index < -0.39 is 0 Å². The van der Waals surface area contributed by atoms with Crippen molar-refractivity contribution >= 4 is 12.4 Å². The van der Waals surface area contributed by atoms with Crippen LogP contribution in [0, 0.1) is 12.7 Å². The molecular weight excluding hydrogens is 215 g/mol. The molecule has 1 fully saturated rings. The van der Waals surface area contributed by atoms with E-state index in [1.54, 1.807) is 13.0 Å². The number of rotatable bonds is 1. The van der Waals surface area contributed by atoms with Crippen molar-refractivity contribution in [3.63, 3.8) is 0 Å². The van der Waals surface area contributed by atoms with Gasteiger partial charge in [-0.3, -0.25) is 0 Å². The maximum atomic E-state index is 13.0. The molecule has 0 bridgehead atoms. The van der Waals surface area contributed by atoms with Gasteiger partial charge in [-0.1, -0.05) is 12.1 Å². The first-order valence-corrected chi connectivity index (χ1v) is 4.97. The van der Waals surface area contributed by atoms with E-state index in [4.69, 9.17) is 0 Å². The first-order chi connectivity index (χ1) is 6.77. The van der Waals surface area contributed by atoms with E-state index >= 15 is 0 Å². The van der Waals surface area contributed by atoms with Crippen molar-refractivity contribution < 1.29 is 4.39 Å². The fourth-order valence-corrected chi connectivity index (χ4v) is 1.77. The Kier molecular flexibility index (Phi) is 4.51. The minimum absolute atomic E-state index is 0. The molecule has 2 nitrogen and oxygen atoms in total. The van der Waals surface area contributed by atoms with Gasteiger partial charge in [-0.25, -0.2) is 4.39 Å². The second-order valence-corrected chi connectivity index (χ2v) is 3.72. The SMILES string of the molecule is Cc1cc(C2CNCCN2)ccc1F.Cl. The Morgan fingerprint density at radius 1 is 1.33 bits per heavy atom. The molecule has 0 aromatic heterocycles. The molecule has 4 heteroatoms. The lowest BCUT2D eigenvalue weighted by Gasteiger charge is -2.25. The summed E-state index contributed by atoms with van der Waals surface area (Å²) in [4.78, 5) is 0. The predicted octanol–water partition coefficient (Wildman–Crippen LogP) is 1.79. The molecule has 2 N–H and O–H groups in total. The second kappa shape index (κ2) is 5.45. The maximum Gasteiger partial charge on any atom is 0.126 e. The van der Waals surface area contributed by atoms with Crippen LogP contribution in [-0.2, 0) is 0 Å². The molecule has 1 aromatic rings. The summed E-state index contributed by atoms with van der Waals surface area (Å²) in [6.45, 7) is 4.71. The lowest BCUT2D eigenvalue weighted by Crippen LogP contribution is -2.42. The number of nitrogens with one attached hydrogen (secondary N) is 2. The van der Waals surface area contributed by atoms with E-state index in [2.05, 4.69) is 10.6 Å². The second-order valence-electron chi connectivity index (χ2n) is 3.72. The predicted molar refractivity (Wildman–Crippen MR) is 62.0 cm³/mol. The fraction of sp³-hybridized carbons (Fsp3) is 0.455. The number of piperazine rings is 1. The smallest absolute Gasteiger partial charge is 0.126 e. The molecule has 0 spiro atoms. The van der Waals surface area contributed by atoms with Crippen molar-refractivity contribution in [1.29, 1.82) is 0 Å². The third-order valence-electron chi connectivity index (χ3n) is 2.63. The van der Waals surface area contributed by atoms with Gasteiger partial charge in [0.1, 0.15) is 5.82 Å². The van der Waals surface area contributed by atoms with Crippen LogP contribution in [-0.4, -0.2) is 19.6 Å². The summed E-state index contributed by atoms with van der Waals surface area (Å²) in [5, 5.41) is 6.71. The number of benzene rings is 1. The summed E-state index contributed by atoms with van der Waals surface area (Å²) in [5.41, 5.74) is 1.88. The molecule has 1 saturated heterocycles. The van der Waals surface area contributed by atoms with Crippen LogP contribution in [0.3, 0.4) is 0 Å². The van der Waals surface area contributed by atoms with Gasteiger partial charge in [-0.15, -0.1) is 12.4 Å². The largest absolute Gasteiger partial charge is 0.314 e. The van der Waals surface area contributed by atoms with Crippen molar-refractivity contribution in [1.82, 2.24) is 10.6 Å². The van der Waals surface area contributed by atoms with Crippen LogP contribution < -0.4 is 10.6 Å². The zero-order valence-corrected chi connectivity index (χ0v) is 9.53. The number of hydrogen-bond donors (Lipinski definition) is 2. The van der Waals surface area contributed by atoms with Gasteiger partial charge in [0, 0.05) is 25.7 Å². The molecule has 1 atom stereocenters. The van der Waals surface area contributed by atoms with Gasteiger partial charge in [0.25, 0.3) is 0 Å². The molecular formula is C11H16ClFN2. The van der Waals surface area contributed by atoms with E-state index in [0.29, 0.717) is 6.04 Å². The molecule has 15 heavy (non-hydrogen) atoms. The minimum Gasteiger partial charge on any atom is -0.314 e. The Bertz CT molecular complexity index is 324. The Balaban J connectivity index is 0.00000112. The standard InChI is InChI=1S/C11H15FN2.ClH/c1-8-6-9(2-3-10(8)12)11-7-13-4-5-14-11;/h2-3,6,11,13-14H,4-5,7H2,1H3;1H. The summed E-state index contributed by atoms with van der Waals surface area (Å²) < 4.78 is 13.0. The van der Waals surface area contributed by atoms with Crippen molar-refractivity contribution in [2.24, 2.45) is 0 Å². The lowest BCUT2D eigenvalue weighted by molar-refractivity contribution is 0.429. The Hall–Kier alpha value is -0.640. The number of hydrogen-bond acceptors (Lipinski definition) is 2. The summed E-state index contributed by atoms with van der Waals surface area (Å²) in [6.07, 6.45) is 0. The van der Waals surface area contributed by atoms with E-state index in [1.807, 2.05) is 12.1 Å². The Morgan fingerprint density at radius 2 is 2.13 bits per heavy atom. The molecule has 84 valence electrons. The molecule has 0 saturated carbocycles. The third kappa shape index (κ3) is 2.91.